The Kier molecular flexibility index (Phi) is 6.88. The van der Waals surface area contributed by atoms with Gasteiger partial charge in [0.15, 0.2) is 11.5 Å². The Hall–Kier alpha value is -3.86. The number of anilines is 2. The molecule has 194 valence electrons. The van der Waals surface area contributed by atoms with Crippen LogP contribution in [-0.4, -0.2) is 65.2 Å². The molecule has 1 fully saturated rings. The normalized spacial score (nSPS) is 15.4. The smallest absolute Gasteiger partial charge is 0.264 e. The van der Waals surface area contributed by atoms with Crippen molar-refractivity contribution in [3.05, 3.63) is 78.4 Å². The minimum atomic E-state index is -4.21. The van der Waals surface area contributed by atoms with Crippen molar-refractivity contribution in [2.45, 2.75) is 4.90 Å². The molecule has 3 aromatic carbocycles. The van der Waals surface area contributed by atoms with E-state index in [9.17, 15) is 22.0 Å². The average molecular weight is 530 g/mol. The fourth-order valence-corrected chi connectivity index (χ4v) is 5.75. The van der Waals surface area contributed by atoms with Crippen LogP contribution in [0.4, 0.5) is 20.2 Å². The molecule has 0 atom stereocenters. The van der Waals surface area contributed by atoms with E-state index >= 15 is 0 Å². The summed E-state index contributed by atoms with van der Waals surface area (Å²) in [5.74, 6) is -0.492. The number of hydrogen-bond acceptors (Lipinski definition) is 6. The van der Waals surface area contributed by atoms with Gasteiger partial charge in [0.2, 0.25) is 5.91 Å². The summed E-state index contributed by atoms with van der Waals surface area (Å²) in [5, 5.41) is 0. The molecule has 3 aromatic rings. The monoisotopic (exact) mass is 529 g/mol. The SMILES string of the molecule is O=C(CN(c1ccc(F)cc1)S(=O)(=O)c1ccc2c(c1)OCCO2)N1CCN(c2ccc(F)cc2)CC1. The van der Waals surface area contributed by atoms with Gasteiger partial charge in [0.25, 0.3) is 10.0 Å². The summed E-state index contributed by atoms with van der Waals surface area (Å²) in [4.78, 5) is 16.8. The third-order valence-corrected chi connectivity index (χ3v) is 8.09. The second kappa shape index (κ2) is 10.3. The molecule has 2 heterocycles. The molecule has 0 N–H and O–H groups in total. The summed E-state index contributed by atoms with van der Waals surface area (Å²) in [6.07, 6.45) is 0. The van der Waals surface area contributed by atoms with Crippen molar-refractivity contribution in [1.29, 1.82) is 0 Å². The maximum absolute atomic E-state index is 13.7. The van der Waals surface area contributed by atoms with Crippen molar-refractivity contribution in [2.24, 2.45) is 0 Å². The zero-order valence-corrected chi connectivity index (χ0v) is 20.7. The molecule has 0 aromatic heterocycles. The predicted octanol–water partition coefficient (Wildman–Crippen LogP) is 3.28. The first kappa shape index (κ1) is 24.8. The van der Waals surface area contributed by atoms with Crippen LogP contribution in [0.25, 0.3) is 0 Å². The van der Waals surface area contributed by atoms with E-state index < -0.39 is 22.4 Å². The molecular formula is C26H25F2N3O5S. The fraction of sp³-hybridized carbons (Fsp3) is 0.269. The summed E-state index contributed by atoms with van der Waals surface area (Å²) in [6, 6.07) is 15.4. The molecule has 5 rings (SSSR count). The number of amides is 1. The number of carbonyl (C=O) groups excluding carboxylic acids is 1. The van der Waals surface area contributed by atoms with E-state index in [0.29, 0.717) is 50.9 Å². The number of piperazine rings is 1. The number of carbonyl (C=O) groups is 1. The zero-order valence-electron chi connectivity index (χ0n) is 19.8. The number of benzene rings is 3. The third kappa shape index (κ3) is 5.31. The number of nitrogens with zero attached hydrogens (tertiary/aromatic N) is 3. The lowest BCUT2D eigenvalue weighted by molar-refractivity contribution is -0.129. The van der Waals surface area contributed by atoms with E-state index in [1.54, 1.807) is 17.0 Å². The minimum absolute atomic E-state index is 0.0741. The third-order valence-electron chi connectivity index (χ3n) is 6.32. The van der Waals surface area contributed by atoms with Crippen LogP contribution in [0.15, 0.2) is 71.6 Å². The first-order valence-corrected chi connectivity index (χ1v) is 13.2. The molecule has 2 aliphatic rings. The van der Waals surface area contributed by atoms with Gasteiger partial charge >= 0.3 is 0 Å². The Labute approximate surface area is 213 Å². The van der Waals surface area contributed by atoms with Crippen molar-refractivity contribution >= 4 is 27.3 Å². The van der Waals surface area contributed by atoms with Crippen LogP contribution >= 0.6 is 0 Å². The van der Waals surface area contributed by atoms with Crippen LogP contribution < -0.4 is 18.7 Å². The Morgan fingerprint density at radius 1 is 0.811 bits per heavy atom. The summed E-state index contributed by atoms with van der Waals surface area (Å²) in [5.41, 5.74) is 1.01. The molecule has 0 bridgehead atoms. The van der Waals surface area contributed by atoms with Gasteiger partial charge in [0, 0.05) is 37.9 Å². The van der Waals surface area contributed by atoms with Gasteiger partial charge < -0.3 is 19.3 Å². The molecule has 0 aliphatic carbocycles. The molecule has 2 aliphatic heterocycles. The van der Waals surface area contributed by atoms with E-state index in [4.69, 9.17) is 9.47 Å². The number of sulfonamides is 1. The van der Waals surface area contributed by atoms with Crippen molar-refractivity contribution in [2.75, 3.05) is 55.1 Å². The molecule has 1 amide bonds. The molecule has 8 nitrogen and oxygen atoms in total. The Morgan fingerprint density at radius 3 is 2.05 bits per heavy atom. The van der Waals surface area contributed by atoms with Crippen molar-refractivity contribution in [3.8, 4) is 11.5 Å². The quantitative estimate of drug-likeness (QED) is 0.488. The molecule has 0 spiro atoms. The first-order chi connectivity index (χ1) is 17.8. The molecule has 37 heavy (non-hydrogen) atoms. The van der Waals surface area contributed by atoms with Gasteiger partial charge in [0.1, 0.15) is 31.4 Å². The average Bonchev–Trinajstić information content (AvgIpc) is 2.92. The minimum Gasteiger partial charge on any atom is -0.486 e. The Bertz CT molecular complexity index is 1380. The lowest BCUT2D eigenvalue weighted by Gasteiger charge is -2.37. The van der Waals surface area contributed by atoms with Gasteiger partial charge in [-0.1, -0.05) is 0 Å². The summed E-state index contributed by atoms with van der Waals surface area (Å²) < 4.78 is 66.3. The highest BCUT2D eigenvalue weighted by atomic mass is 32.2. The predicted molar refractivity (Wildman–Crippen MR) is 134 cm³/mol. The van der Waals surface area contributed by atoms with Crippen molar-refractivity contribution in [3.63, 3.8) is 0 Å². The van der Waals surface area contributed by atoms with Crippen LogP contribution in [0, 0.1) is 11.6 Å². The highest BCUT2D eigenvalue weighted by molar-refractivity contribution is 7.92. The van der Waals surface area contributed by atoms with Crippen LogP contribution in [-0.2, 0) is 14.8 Å². The maximum atomic E-state index is 13.7. The lowest BCUT2D eigenvalue weighted by atomic mass is 10.2. The van der Waals surface area contributed by atoms with E-state index in [-0.39, 0.29) is 22.3 Å². The molecule has 0 unspecified atom stereocenters. The van der Waals surface area contributed by atoms with Gasteiger partial charge in [-0.2, -0.15) is 0 Å². The van der Waals surface area contributed by atoms with Crippen LogP contribution in [0.2, 0.25) is 0 Å². The number of fused-ring (bicyclic) bond motifs is 1. The lowest BCUT2D eigenvalue weighted by Crippen LogP contribution is -2.52. The summed E-state index contributed by atoms with van der Waals surface area (Å²) in [7, 11) is -4.21. The standard InChI is InChI=1S/C26H25F2N3O5S/c27-19-1-5-21(6-2-19)29-11-13-30(14-12-29)26(32)18-31(22-7-3-20(28)4-8-22)37(33,34)23-9-10-24-25(17-23)36-16-15-35-24/h1-10,17H,11-16,18H2. The molecular weight excluding hydrogens is 504 g/mol. The zero-order chi connectivity index (χ0) is 26.0. The van der Waals surface area contributed by atoms with E-state index in [1.165, 1.54) is 42.5 Å². The van der Waals surface area contributed by atoms with Gasteiger partial charge in [-0.3, -0.25) is 9.10 Å². The Balaban J connectivity index is 1.36. The largest absolute Gasteiger partial charge is 0.486 e. The van der Waals surface area contributed by atoms with Gasteiger partial charge in [-0.15, -0.1) is 0 Å². The molecule has 0 saturated carbocycles. The summed E-state index contributed by atoms with van der Waals surface area (Å²) >= 11 is 0. The van der Waals surface area contributed by atoms with Gasteiger partial charge in [0.05, 0.1) is 10.6 Å². The van der Waals surface area contributed by atoms with Crippen LogP contribution in [0.3, 0.4) is 0 Å². The number of halogens is 2. The first-order valence-electron chi connectivity index (χ1n) is 11.8. The van der Waals surface area contributed by atoms with E-state index in [2.05, 4.69) is 0 Å². The molecule has 1 saturated heterocycles. The fourth-order valence-electron chi connectivity index (χ4n) is 4.32. The van der Waals surface area contributed by atoms with Crippen LogP contribution in [0.5, 0.6) is 11.5 Å². The highest BCUT2D eigenvalue weighted by Gasteiger charge is 2.31. The highest BCUT2D eigenvalue weighted by Crippen LogP contribution is 2.34. The summed E-state index contributed by atoms with van der Waals surface area (Å²) in [6.45, 7) is 1.98. The van der Waals surface area contributed by atoms with Gasteiger partial charge in [-0.05, 0) is 60.7 Å². The number of ether oxygens (including phenoxy) is 2. The topological polar surface area (TPSA) is 79.4 Å². The molecule has 11 heteroatoms. The second-order valence-corrected chi connectivity index (χ2v) is 10.5. The molecule has 0 radical (unpaired) electrons. The van der Waals surface area contributed by atoms with Crippen molar-refractivity contribution < 1.29 is 31.5 Å². The number of hydrogen-bond donors (Lipinski definition) is 0. The maximum Gasteiger partial charge on any atom is 0.264 e. The Morgan fingerprint density at radius 2 is 1.41 bits per heavy atom. The number of rotatable bonds is 6. The second-order valence-electron chi connectivity index (χ2n) is 8.64. The van der Waals surface area contributed by atoms with E-state index in [0.717, 1.165) is 22.1 Å². The van der Waals surface area contributed by atoms with Gasteiger partial charge in [-0.25, -0.2) is 17.2 Å². The van der Waals surface area contributed by atoms with E-state index in [1.807, 2.05) is 4.90 Å². The van der Waals surface area contributed by atoms with Crippen LogP contribution in [0.1, 0.15) is 0 Å². The van der Waals surface area contributed by atoms with Crippen molar-refractivity contribution in [1.82, 2.24) is 4.90 Å².